The maximum atomic E-state index is 6.39. The van der Waals surface area contributed by atoms with Crippen molar-refractivity contribution in [2.24, 2.45) is 35.3 Å². The van der Waals surface area contributed by atoms with Crippen molar-refractivity contribution in [3.8, 4) is 0 Å². The van der Waals surface area contributed by atoms with Gasteiger partial charge in [-0.15, -0.1) is 0 Å². The molecule has 1 unspecified atom stereocenters. The number of aryl methyl sites for hydroxylation is 1. The first-order valence-corrected chi connectivity index (χ1v) is 7.96. The van der Waals surface area contributed by atoms with Gasteiger partial charge in [0.2, 0.25) is 0 Å². The van der Waals surface area contributed by atoms with Crippen molar-refractivity contribution in [1.82, 2.24) is 9.97 Å². The fourth-order valence-corrected chi connectivity index (χ4v) is 5.45. The topological polar surface area (TPSA) is 54.7 Å². The summed E-state index contributed by atoms with van der Waals surface area (Å²) < 4.78 is 0. The summed E-state index contributed by atoms with van der Waals surface area (Å²) in [5, 5.41) is 0. The number of hydrogen-bond acceptors (Lipinski definition) is 2. The molecule has 4 aliphatic carbocycles. The number of aromatic amines is 1. The highest BCUT2D eigenvalue weighted by atomic mass is 15.0. The van der Waals surface area contributed by atoms with Gasteiger partial charge >= 0.3 is 0 Å². The minimum Gasteiger partial charge on any atom is -0.345 e. The Labute approximate surface area is 115 Å². The Kier molecular flexibility index (Phi) is 2.73. The first-order valence-electron chi connectivity index (χ1n) is 7.96. The van der Waals surface area contributed by atoms with Gasteiger partial charge in [0, 0.05) is 11.9 Å². The second-order valence-electron chi connectivity index (χ2n) is 7.39. The highest BCUT2D eigenvalue weighted by molar-refractivity contribution is 5.05. The molecule has 3 N–H and O–H groups in total. The van der Waals surface area contributed by atoms with Crippen LogP contribution in [-0.2, 0) is 0 Å². The lowest BCUT2D eigenvalue weighted by Crippen LogP contribution is -2.45. The van der Waals surface area contributed by atoms with Gasteiger partial charge in [0.25, 0.3) is 0 Å². The summed E-state index contributed by atoms with van der Waals surface area (Å²) in [4.78, 5) is 7.73. The summed E-state index contributed by atoms with van der Waals surface area (Å²) in [6.45, 7) is 2.05. The number of nitrogens with two attached hydrogens (primary N) is 1. The first-order chi connectivity index (χ1) is 9.19. The van der Waals surface area contributed by atoms with Crippen LogP contribution < -0.4 is 5.73 Å². The fourth-order valence-electron chi connectivity index (χ4n) is 5.45. The predicted octanol–water partition coefficient (Wildman–Crippen LogP) is 3.18. The number of imidazole rings is 1. The largest absolute Gasteiger partial charge is 0.345 e. The lowest BCUT2D eigenvalue weighted by atomic mass is 9.51. The highest BCUT2D eigenvalue weighted by Gasteiger charge is 2.48. The summed E-state index contributed by atoms with van der Waals surface area (Å²) >= 11 is 0. The summed E-state index contributed by atoms with van der Waals surface area (Å²) in [5.41, 5.74) is 7.52. The quantitative estimate of drug-likeness (QED) is 0.876. The van der Waals surface area contributed by atoms with Crippen molar-refractivity contribution in [2.45, 2.75) is 51.5 Å². The maximum absolute atomic E-state index is 6.39. The third kappa shape index (κ3) is 2.03. The molecule has 4 bridgehead atoms. The molecule has 1 aromatic heterocycles. The third-order valence-corrected chi connectivity index (χ3v) is 6.02. The molecule has 0 saturated heterocycles. The van der Waals surface area contributed by atoms with Gasteiger partial charge < -0.3 is 10.7 Å². The molecule has 19 heavy (non-hydrogen) atoms. The van der Waals surface area contributed by atoms with E-state index in [4.69, 9.17) is 5.73 Å². The second-order valence-corrected chi connectivity index (χ2v) is 7.39. The van der Waals surface area contributed by atoms with E-state index < -0.39 is 0 Å². The zero-order valence-corrected chi connectivity index (χ0v) is 11.8. The zero-order chi connectivity index (χ0) is 13.0. The molecule has 5 rings (SSSR count). The maximum Gasteiger partial charge on any atom is 0.123 e. The van der Waals surface area contributed by atoms with E-state index in [-0.39, 0.29) is 6.04 Å². The molecule has 4 fully saturated rings. The third-order valence-electron chi connectivity index (χ3n) is 6.02. The smallest absolute Gasteiger partial charge is 0.123 e. The summed E-state index contributed by atoms with van der Waals surface area (Å²) in [5.74, 6) is 5.91. The van der Waals surface area contributed by atoms with Gasteiger partial charge in [0.1, 0.15) is 5.82 Å². The Morgan fingerprint density at radius 3 is 2.37 bits per heavy atom. The second kappa shape index (κ2) is 4.34. The number of rotatable bonds is 3. The van der Waals surface area contributed by atoms with Crippen molar-refractivity contribution < 1.29 is 0 Å². The number of H-pyrrole nitrogens is 1. The molecule has 0 radical (unpaired) electrons. The Morgan fingerprint density at radius 2 is 1.84 bits per heavy atom. The van der Waals surface area contributed by atoms with Crippen LogP contribution >= 0.6 is 0 Å². The van der Waals surface area contributed by atoms with Gasteiger partial charge in [-0.2, -0.15) is 0 Å². The molecule has 1 atom stereocenters. The molecule has 0 spiro atoms. The van der Waals surface area contributed by atoms with Gasteiger partial charge in [-0.1, -0.05) is 0 Å². The van der Waals surface area contributed by atoms with Crippen LogP contribution in [0.25, 0.3) is 0 Å². The van der Waals surface area contributed by atoms with E-state index in [2.05, 4.69) is 9.97 Å². The fraction of sp³-hybridized carbons (Fsp3) is 0.812. The number of nitrogens with one attached hydrogen (secondary N) is 1. The molecule has 0 aliphatic heterocycles. The molecule has 0 amide bonds. The zero-order valence-electron chi connectivity index (χ0n) is 11.8. The molecular weight excluding hydrogens is 234 g/mol. The van der Waals surface area contributed by atoms with Gasteiger partial charge in [-0.25, -0.2) is 4.98 Å². The van der Waals surface area contributed by atoms with Crippen LogP contribution in [0.15, 0.2) is 6.20 Å². The van der Waals surface area contributed by atoms with Crippen LogP contribution in [0.5, 0.6) is 0 Å². The monoisotopic (exact) mass is 259 g/mol. The van der Waals surface area contributed by atoms with Crippen LogP contribution in [0.3, 0.4) is 0 Å². The van der Waals surface area contributed by atoms with E-state index in [1.807, 2.05) is 13.1 Å². The number of aromatic nitrogens is 2. The molecular formula is C16H25N3. The molecule has 1 heterocycles. The SMILES string of the molecule is Cc1cnc(C(N)CC2C3CC4CC(C3)CC2C4)[nH]1. The lowest BCUT2D eigenvalue weighted by molar-refractivity contribution is -0.0423. The minimum absolute atomic E-state index is 0.108. The average Bonchev–Trinajstić information content (AvgIpc) is 2.79. The Balaban J connectivity index is 1.48. The van der Waals surface area contributed by atoms with E-state index >= 15 is 0 Å². The van der Waals surface area contributed by atoms with E-state index in [1.165, 1.54) is 32.1 Å². The number of nitrogens with zero attached hydrogens (tertiary/aromatic N) is 1. The van der Waals surface area contributed by atoms with Gasteiger partial charge in [0.05, 0.1) is 6.04 Å². The van der Waals surface area contributed by atoms with Crippen molar-refractivity contribution in [3.63, 3.8) is 0 Å². The van der Waals surface area contributed by atoms with E-state index in [0.29, 0.717) is 0 Å². The van der Waals surface area contributed by atoms with Crippen molar-refractivity contribution in [3.05, 3.63) is 17.7 Å². The molecule has 3 nitrogen and oxygen atoms in total. The molecule has 4 aliphatic rings. The van der Waals surface area contributed by atoms with Crippen LogP contribution in [0.4, 0.5) is 0 Å². The molecule has 4 saturated carbocycles. The molecule has 3 heteroatoms. The lowest BCUT2D eigenvalue weighted by Gasteiger charge is -2.55. The van der Waals surface area contributed by atoms with E-state index in [1.54, 1.807) is 0 Å². The summed E-state index contributed by atoms with van der Waals surface area (Å²) in [7, 11) is 0. The standard InChI is InChI=1S/C16H25N3/c1-9-8-18-16(19-9)15(17)7-14-12-3-10-2-11(5-12)6-13(14)4-10/h8,10-15H,2-7,17H2,1H3,(H,18,19). The van der Waals surface area contributed by atoms with Crippen LogP contribution in [0.2, 0.25) is 0 Å². The van der Waals surface area contributed by atoms with Gasteiger partial charge in [0.15, 0.2) is 0 Å². The van der Waals surface area contributed by atoms with Crippen LogP contribution in [-0.4, -0.2) is 9.97 Å². The normalized spacial score (nSPS) is 41.7. The highest BCUT2D eigenvalue weighted by Crippen LogP contribution is 2.57. The van der Waals surface area contributed by atoms with Crippen molar-refractivity contribution in [2.75, 3.05) is 0 Å². The van der Waals surface area contributed by atoms with E-state index in [0.717, 1.165) is 47.5 Å². The van der Waals surface area contributed by atoms with Crippen LogP contribution in [0.1, 0.15) is 56.1 Å². The summed E-state index contributed by atoms with van der Waals surface area (Å²) in [6.07, 6.45) is 10.5. The average molecular weight is 259 g/mol. The minimum atomic E-state index is 0.108. The number of hydrogen-bond donors (Lipinski definition) is 2. The molecule has 1 aromatic rings. The Hall–Kier alpha value is -0.830. The van der Waals surface area contributed by atoms with Crippen LogP contribution in [0, 0.1) is 36.5 Å². The van der Waals surface area contributed by atoms with Crippen molar-refractivity contribution in [1.29, 1.82) is 0 Å². The summed E-state index contributed by atoms with van der Waals surface area (Å²) in [6, 6.07) is 0.108. The van der Waals surface area contributed by atoms with E-state index in [9.17, 15) is 0 Å². The molecule has 0 aromatic carbocycles. The van der Waals surface area contributed by atoms with Crippen molar-refractivity contribution >= 4 is 0 Å². The Morgan fingerprint density at radius 1 is 1.21 bits per heavy atom. The van der Waals surface area contributed by atoms with Gasteiger partial charge in [-0.05, 0) is 75.0 Å². The Bertz CT molecular complexity index is 436. The van der Waals surface area contributed by atoms with Gasteiger partial charge in [-0.3, -0.25) is 0 Å². The first kappa shape index (κ1) is 12.0. The predicted molar refractivity (Wildman–Crippen MR) is 75.4 cm³/mol. The molecule has 104 valence electrons.